The number of hydrogen-bond donors (Lipinski definition) is 1. The maximum atomic E-state index is 6.12. The molecule has 1 N–H and O–H groups in total. The number of nitrogens with zero attached hydrogens (tertiary/aromatic N) is 5. The van der Waals surface area contributed by atoms with E-state index in [0.717, 1.165) is 50.0 Å². The Morgan fingerprint density at radius 2 is 1.93 bits per heavy atom. The van der Waals surface area contributed by atoms with Crippen LogP contribution in [0.4, 0.5) is 17.5 Å². The maximum absolute atomic E-state index is 6.12. The van der Waals surface area contributed by atoms with Crippen molar-refractivity contribution in [3.05, 3.63) is 47.1 Å². The minimum absolute atomic E-state index is 0.617. The van der Waals surface area contributed by atoms with Crippen LogP contribution in [0.2, 0.25) is 5.02 Å². The predicted molar refractivity (Wildman–Crippen MR) is 115 cm³/mol. The smallest absolute Gasteiger partial charge is 0.244 e. The number of nitrogens with one attached hydrogen (secondary N) is 1. The van der Waals surface area contributed by atoms with Gasteiger partial charge in [-0.2, -0.15) is 10.1 Å². The van der Waals surface area contributed by atoms with E-state index >= 15 is 0 Å². The summed E-state index contributed by atoms with van der Waals surface area (Å²) in [7, 11) is 0. The molecule has 2 heterocycles. The van der Waals surface area contributed by atoms with Gasteiger partial charge in [0.1, 0.15) is 0 Å². The topological polar surface area (TPSA) is 57.2 Å². The second-order valence-corrected chi connectivity index (χ2v) is 7.81. The van der Waals surface area contributed by atoms with Crippen molar-refractivity contribution in [2.24, 2.45) is 0 Å². The highest BCUT2D eigenvalue weighted by atomic mass is 35.5. The summed E-state index contributed by atoms with van der Waals surface area (Å²) in [5.41, 5.74) is 2.73. The zero-order chi connectivity index (χ0) is 19.2. The number of piperazine rings is 1. The van der Waals surface area contributed by atoms with Crippen LogP contribution in [0.15, 0.2) is 42.1 Å². The number of benzene rings is 1. The molecule has 4 rings (SSSR count). The van der Waals surface area contributed by atoms with Crippen molar-refractivity contribution in [2.75, 3.05) is 47.8 Å². The summed E-state index contributed by atoms with van der Waals surface area (Å²) in [5.74, 6) is 1.51. The van der Waals surface area contributed by atoms with Gasteiger partial charge in [-0.3, -0.25) is 0 Å². The van der Waals surface area contributed by atoms with Crippen LogP contribution in [0, 0.1) is 0 Å². The Bertz CT molecular complexity index is 816. The van der Waals surface area contributed by atoms with Crippen LogP contribution in [0.1, 0.15) is 32.1 Å². The molecule has 0 amide bonds. The molecule has 1 saturated heterocycles. The van der Waals surface area contributed by atoms with E-state index in [0.29, 0.717) is 5.95 Å². The van der Waals surface area contributed by atoms with Gasteiger partial charge in [-0.1, -0.05) is 29.3 Å². The molecule has 0 bridgehead atoms. The van der Waals surface area contributed by atoms with Crippen LogP contribution < -0.4 is 15.1 Å². The number of allylic oxidation sites excluding steroid dienone is 1. The number of aromatic nitrogens is 3. The molecule has 28 heavy (non-hydrogen) atoms. The lowest BCUT2D eigenvalue weighted by atomic mass is 9.97. The molecule has 148 valence electrons. The van der Waals surface area contributed by atoms with E-state index in [-0.39, 0.29) is 0 Å². The predicted octanol–water partition coefficient (Wildman–Crippen LogP) is 4.15. The van der Waals surface area contributed by atoms with Crippen LogP contribution in [0.3, 0.4) is 0 Å². The van der Waals surface area contributed by atoms with Gasteiger partial charge in [-0.05, 0) is 50.3 Å². The van der Waals surface area contributed by atoms with E-state index in [1.54, 1.807) is 11.8 Å². The highest BCUT2D eigenvalue weighted by molar-refractivity contribution is 6.30. The van der Waals surface area contributed by atoms with Crippen molar-refractivity contribution in [1.29, 1.82) is 0 Å². The van der Waals surface area contributed by atoms with Gasteiger partial charge in [0.2, 0.25) is 5.95 Å². The van der Waals surface area contributed by atoms with Crippen molar-refractivity contribution in [3.63, 3.8) is 0 Å². The fourth-order valence-electron chi connectivity index (χ4n) is 3.86. The molecule has 0 saturated carbocycles. The summed E-state index contributed by atoms with van der Waals surface area (Å²) in [4.78, 5) is 9.30. The lowest BCUT2D eigenvalue weighted by molar-refractivity contribution is 0.644. The average molecular weight is 399 g/mol. The first-order valence-electron chi connectivity index (χ1n) is 10.1. The van der Waals surface area contributed by atoms with E-state index in [1.807, 2.05) is 18.2 Å². The van der Waals surface area contributed by atoms with Gasteiger partial charge in [-0.25, -0.2) is 0 Å². The Kier molecular flexibility index (Phi) is 6.27. The third-order valence-corrected chi connectivity index (χ3v) is 5.67. The largest absolute Gasteiger partial charge is 0.368 e. The molecule has 6 nitrogen and oxygen atoms in total. The number of halogens is 1. The number of hydrogen-bond acceptors (Lipinski definition) is 6. The van der Waals surface area contributed by atoms with Crippen molar-refractivity contribution in [1.82, 2.24) is 15.2 Å². The van der Waals surface area contributed by atoms with E-state index in [1.165, 1.54) is 31.4 Å². The van der Waals surface area contributed by atoms with Gasteiger partial charge in [0, 0.05) is 43.4 Å². The molecule has 1 aromatic heterocycles. The summed E-state index contributed by atoms with van der Waals surface area (Å²) >= 11 is 6.12. The van der Waals surface area contributed by atoms with Crippen LogP contribution >= 0.6 is 11.6 Å². The first-order chi connectivity index (χ1) is 13.8. The Labute approximate surface area is 171 Å². The molecule has 0 radical (unpaired) electrons. The zero-order valence-corrected chi connectivity index (χ0v) is 16.9. The van der Waals surface area contributed by atoms with Gasteiger partial charge in [0.25, 0.3) is 0 Å². The molecule has 2 aromatic rings. The monoisotopic (exact) mass is 398 g/mol. The third kappa shape index (κ3) is 4.93. The van der Waals surface area contributed by atoms with Crippen molar-refractivity contribution in [3.8, 4) is 0 Å². The first-order valence-corrected chi connectivity index (χ1v) is 10.5. The zero-order valence-electron chi connectivity index (χ0n) is 16.1. The first kappa shape index (κ1) is 19.0. The Morgan fingerprint density at radius 3 is 2.71 bits per heavy atom. The van der Waals surface area contributed by atoms with Crippen LogP contribution in [0.25, 0.3) is 0 Å². The second kappa shape index (κ2) is 9.24. The lowest BCUT2D eigenvalue weighted by Gasteiger charge is -2.36. The van der Waals surface area contributed by atoms with E-state index in [4.69, 9.17) is 11.6 Å². The van der Waals surface area contributed by atoms with Gasteiger partial charge in [0.15, 0.2) is 5.82 Å². The fourth-order valence-corrected chi connectivity index (χ4v) is 4.04. The highest BCUT2D eigenvalue weighted by Gasteiger charge is 2.19. The van der Waals surface area contributed by atoms with Gasteiger partial charge < -0.3 is 15.1 Å². The molecule has 0 atom stereocenters. The molecule has 0 spiro atoms. The second-order valence-electron chi connectivity index (χ2n) is 7.38. The van der Waals surface area contributed by atoms with Crippen molar-refractivity contribution < 1.29 is 0 Å². The maximum Gasteiger partial charge on any atom is 0.244 e. The summed E-state index contributed by atoms with van der Waals surface area (Å²) in [6.45, 7) is 4.52. The standard InChI is InChI=1S/C21H27ClN6/c22-18-7-4-8-19(15-18)27-11-13-28(14-12-27)20-16-24-26-21(25-20)23-10-9-17-5-2-1-3-6-17/h4-5,7-8,15-16H,1-3,6,9-14H2,(H,23,25,26). The highest BCUT2D eigenvalue weighted by Crippen LogP contribution is 2.23. The average Bonchev–Trinajstić information content (AvgIpc) is 2.75. The quantitative estimate of drug-likeness (QED) is 0.737. The summed E-state index contributed by atoms with van der Waals surface area (Å²) in [6.07, 6.45) is 10.3. The molecular formula is C21H27ClN6. The summed E-state index contributed by atoms with van der Waals surface area (Å²) in [5, 5.41) is 12.4. The molecule has 1 aliphatic heterocycles. The normalized spacial score (nSPS) is 17.4. The van der Waals surface area contributed by atoms with Gasteiger partial charge in [0.05, 0.1) is 6.20 Å². The minimum atomic E-state index is 0.617. The van der Waals surface area contributed by atoms with E-state index in [2.05, 4.69) is 42.4 Å². The third-order valence-electron chi connectivity index (χ3n) is 5.44. The lowest BCUT2D eigenvalue weighted by Crippen LogP contribution is -2.47. The van der Waals surface area contributed by atoms with Crippen LogP contribution in [-0.2, 0) is 0 Å². The Morgan fingerprint density at radius 1 is 1.07 bits per heavy atom. The van der Waals surface area contributed by atoms with E-state index < -0.39 is 0 Å². The molecule has 1 aliphatic carbocycles. The summed E-state index contributed by atoms with van der Waals surface area (Å²) in [6, 6.07) is 8.04. The van der Waals surface area contributed by atoms with Gasteiger partial charge >= 0.3 is 0 Å². The van der Waals surface area contributed by atoms with E-state index in [9.17, 15) is 0 Å². The SMILES string of the molecule is Clc1cccc(N2CCN(c3cnnc(NCCC4=CCCCC4)n3)CC2)c1. The number of anilines is 3. The molecule has 2 aliphatic rings. The minimum Gasteiger partial charge on any atom is -0.368 e. The Balaban J connectivity index is 1.30. The van der Waals surface area contributed by atoms with Crippen LogP contribution in [-0.4, -0.2) is 47.9 Å². The molecule has 7 heteroatoms. The molecular weight excluding hydrogens is 372 g/mol. The Hall–Kier alpha value is -2.34. The molecule has 1 fully saturated rings. The number of rotatable bonds is 6. The molecule has 1 aromatic carbocycles. The fraction of sp³-hybridized carbons (Fsp3) is 0.476. The summed E-state index contributed by atoms with van der Waals surface area (Å²) < 4.78 is 0. The van der Waals surface area contributed by atoms with Crippen LogP contribution in [0.5, 0.6) is 0 Å². The van der Waals surface area contributed by atoms with Crippen molar-refractivity contribution >= 4 is 29.1 Å². The van der Waals surface area contributed by atoms with Crippen molar-refractivity contribution in [2.45, 2.75) is 32.1 Å². The van der Waals surface area contributed by atoms with Gasteiger partial charge in [-0.15, -0.1) is 5.10 Å². The molecule has 0 unspecified atom stereocenters.